The molecular weight excluding hydrogens is 215 g/mol. The van der Waals surface area contributed by atoms with Gasteiger partial charge in [-0.2, -0.15) is 0 Å². The Morgan fingerprint density at radius 1 is 1.53 bits per heavy atom. The first kappa shape index (κ1) is 9.92. The molecule has 1 aromatic heterocycles. The number of hydrogen-bond donors (Lipinski definition) is 2. The number of rotatable bonds is 2. The van der Waals surface area contributed by atoms with Crippen molar-refractivity contribution < 1.29 is 9.13 Å². The van der Waals surface area contributed by atoms with Crippen molar-refractivity contribution in [2.75, 3.05) is 7.11 Å². The number of halogens is 1. The number of nitrogen functional groups attached to an aromatic ring is 1. The van der Waals surface area contributed by atoms with Gasteiger partial charge in [-0.05, 0) is 18.2 Å². The van der Waals surface area contributed by atoms with E-state index < -0.39 is 0 Å². The molecule has 0 radical (unpaired) electrons. The molecule has 5 heteroatoms. The molecule has 0 fully saturated rings. The Labute approximate surface area is 89.8 Å². The highest BCUT2D eigenvalue weighted by molar-refractivity contribution is 7.21. The summed E-state index contributed by atoms with van der Waals surface area (Å²) >= 11 is 1.26. The summed E-state index contributed by atoms with van der Waals surface area (Å²) in [5.74, 6) is 0.219. The number of methoxy groups -OCH3 is 1. The highest BCUT2D eigenvalue weighted by Gasteiger charge is 2.12. The van der Waals surface area contributed by atoms with E-state index in [-0.39, 0.29) is 11.7 Å². The highest BCUT2D eigenvalue weighted by Crippen LogP contribution is 2.34. The smallest absolute Gasteiger partial charge is 0.136 e. The summed E-state index contributed by atoms with van der Waals surface area (Å²) in [6, 6.07) is 4.48. The second kappa shape index (κ2) is 3.51. The fourth-order valence-corrected chi connectivity index (χ4v) is 2.38. The SMILES string of the molecule is COc1ccc(F)c2cc(C(=N)N)sc12. The Morgan fingerprint density at radius 3 is 2.87 bits per heavy atom. The third-order valence-corrected chi connectivity index (χ3v) is 3.26. The summed E-state index contributed by atoms with van der Waals surface area (Å²) in [5, 5.41) is 7.74. The van der Waals surface area contributed by atoms with Crippen LogP contribution in [0.15, 0.2) is 18.2 Å². The number of hydrogen-bond acceptors (Lipinski definition) is 3. The van der Waals surface area contributed by atoms with Gasteiger partial charge >= 0.3 is 0 Å². The van der Waals surface area contributed by atoms with Crippen LogP contribution in [-0.2, 0) is 0 Å². The lowest BCUT2D eigenvalue weighted by atomic mass is 10.2. The summed E-state index contributed by atoms with van der Waals surface area (Å²) in [5.41, 5.74) is 5.35. The highest BCUT2D eigenvalue weighted by atomic mass is 32.1. The van der Waals surface area contributed by atoms with E-state index in [9.17, 15) is 4.39 Å². The van der Waals surface area contributed by atoms with Crippen molar-refractivity contribution in [1.29, 1.82) is 5.41 Å². The van der Waals surface area contributed by atoms with Gasteiger partial charge in [-0.15, -0.1) is 11.3 Å². The predicted octanol–water partition coefficient (Wildman–Crippen LogP) is 2.33. The van der Waals surface area contributed by atoms with Crippen LogP contribution in [0.5, 0.6) is 5.75 Å². The van der Waals surface area contributed by atoms with Crippen molar-refractivity contribution in [1.82, 2.24) is 0 Å². The van der Waals surface area contributed by atoms with Gasteiger partial charge in [0.15, 0.2) is 0 Å². The zero-order chi connectivity index (χ0) is 11.0. The number of thiophene rings is 1. The minimum Gasteiger partial charge on any atom is -0.495 e. The Bertz CT molecular complexity index is 535. The zero-order valence-corrected chi connectivity index (χ0v) is 8.82. The van der Waals surface area contributed by atoms with E-state index in [1.807, 2.05) is 0 Å². The fraction of sp³-hybridized carbons (Fsp3) is 0.100. The molecular formula is C10H9FN2OS. The van der Waals surface area contributed by atoms with Gasteiger partial charge in [-0.3, -0.25) is 5.41 Å². The summed E-state index contributed by atoms with van der Waals surface area (Å²) < 4.78 is 19.2. The van der Waals surface area contributed by atoms with Gasteiger partial charge in [-0.25, -0.2) is 4.39 Å². The fourth-order valence-electron chi connectivity index (χ4n) is 1.36. The van der Waals surface area contributed by atoms with Crippen molar-refractivity contribution >= 4 is 27.3 Å². The van der Waals surface area contributed by atoms with Crippen molar-refractivity contribution in [3.63, 3.8) is 0 Å². The molecule has 0 atom stereocenters. The van der Waals surface area contributed by atoms with Gasteiger partial charge in [0.1, 0.15) is 17.4 Å². The van der Waals surface area contributed by atoms with Crippen LogP contribution in [0.4, 0.5) is 4.39 Å². The van der Waals surface area contributed by atoms with Crippen LogP contribution in [-0.4, -0.2) is 12.9 Å². The largest absolute Gasteiger partial charge is 0.495 e. The maximum Gasteiger partial charge on any atom is 0.136 e. The molecule has 0 aliphatic carbocycles. The number of benzene rings is 1. The molecule has 3 nitrogen and oxygen atoms in total. The normalized spacial score (nSPS) is 10.5. The molecule has 0 saturated carbocycles. The summed E-state index contributed by atoms with van der Waals surface area (Å²) in [6.07, 6.45) is 0. The quantitative estimate of drug-likeness (QED) is 0.607. The summed E-state index contributed by atoms with van der Waals surface area (Å²) in [6.45, 7) is 0. The van der Waals surface area contributed by atoms with Crippen molar-refractivity contribution in [2.24, 2.45) is 5.73 Å². The van der Waals surface area contributed by atoms with Gasteiger partial charge in [0, 0.05) is 5.39 Å². The molecule has 1 aromatic carbocycles. The number of amidine groups is 1. The minimum absolute atomic E-state index is 0.0577. The van der Waals surface area contributed by atoms with Gasteiger partial charge in [0.25, 0.3) is 0 Å². The first-order valence-electron chi connectivity index (χ1n) is 4.24. The molecule has 15 heavy (non-hydrogen) atoms. The Kier molecular flexibility index (Phi) is 2.32. The van der Waals surface area contributed by atoms with Gasteiger partial charge in [0.2, 0.25) is 0 Å². The molecule has 0 bridgehead atoms. The molecule has 0 spiro atoms. The summed E-state index contributed by atoms with van der Waals surface area (Å²) in [4.78, 5) is 0.549. The van der Waals surface area contributed by atoms with E-state index in [1.54, 1.807) is 12.1 Å². The summed E-state index contributed by atoms with van der Waals surface area (Å²) in [7, 11) is 1.53. The monoisotopic (exact) mass is 224 g/mol. The van der Waals surface area contributed by atoms with Crippen LogP contribution in [0.25, 0.3) is 10.1 Å². The number of nitrogens with one attached hydrogen (secondary N) is 1. The molecule has 0 unspecified atom stereocenters. The third-order valence-electron chi connectivity index (χ3n) is 2.08. The van der Waals surface area contributed by atoms with E-state index in [1.165, 1.54) is 24.5 Å². The zero-order valence-electron chi connectivity index (χ0n) is 8.00. The van der Waals surface area contributed by atoms with E-state index in [0.717, 1.165) is 0 Å². The predicted molar refractivity (Wildman–Crippen MR) is 59.4 cm³/mol. The van der Waals surface area contributed by atoms with Crippen LogP contribution >= 0.6 is 11.3 Å². The van der Waals surface area contributed by atoms with Crippen LogP contribution in [0.2, 0.25) is 0 Å². The lowest BCUT2D eigenvalue weighted by Crippen LogP contribution is -2.08. The molecule has 0 aliphatic rings. The average Bonchev–Trinajstić information content (AvgIpc) is 2.64. The van der Waals surface area contributed by atoms with Crippen LogP contribution in [0.1, 0.15) is 4.88 Å². The molecule has 78 valence electrons. The lowest BCUT2D eigenvalue weighted by Gasteiger charge is -2.00. The molecule has 0 amide bonds. The third kappa shape index (κ3) is 1.55. The first-order chi connectivity index (χ1) is 7.13. The lowest BCUT2D eigenvalue weighted by molar-refractivity contribution is 0.420. The molecule has 2 rings (SSSR count). The van der Waals surface area contributed by atoms with Crippen molar-refractivity contribution in [2.45, 2.75) is 0 Å². The second-order valence-corrected chi connectivity index (χ2v) is 4.07. The topological polar surface area (TPSA) is 59.1 Å². The van der Waals surface area contributed by atoms with Crippen LogP contribution in [0.3, 0.4) is 0 Å². The van der Waals surface area contributed by atoms with Gasteiger partial charge in [0.05, 0.1) is 16.7 Å². The molecule has 1 heterocycles. The average molecular weight is 224 g/mol. The molecule has 0 aliphatic heterocycles. The Balaban J connectivity index is 2.77. The van der Waals surface area contributed by atoms with Crippen molar-refractivity contribution in [3.8, 4) is 5.75 Å². The Hall–Kier alpha value is -1.62. The maximum absolute atomic E-state index is 13.4. The van der Waals surface area contributed by atoms with Crippen molar-refractivity contribution in [3.05, 3.63) is 28.9 Å². The van der Waals surface area contributed by atoms with Gasteiger partial charge < -0.3 is 10.5 Å². The maximum atomic E-state index is 13.4. The van der Waals surface area contributed by atoms with E-state index in [0.29, 0.717) is 20.7 Å². The van der Waals surface area contributed by atoms with E-state index in [2.05, 4.69) is 0 Å². The van der Waals surface area contributed by atoms with E-state index >= 15 is 0 Å². The molecule has 3 N–H and O–H groups in total. The van der Waals surface area contributed by atoms with Crippen LogP contribution in [0, 0.1) is 11.2 Å². The van der Waals surface area contributed by atoms with Crippen LogP contribution < -0.4 is 10.5 Å². The molecule has 0 saturated heterocycles. The standard InChI is InChI=1S/C10H9FN2OS/c1-14-7-3-2-6(11)5-4-8(10(12)13)15-9(5)7/h2-4H,1H3,(H3,12,13). The Morgan fingerprint density at radius 2 is 2.27 bits per heavy atom. The second-order valence-electron chi connectivity index (χ2n) is 3.02. The number of fused-ring (bicyclic) bond motifs is 1. The molecule has 2 aromatic rings. The minimum atomic E-state index is -0.324. The first-order valence-corrected chi connectivity index (χ1v) is 5.05. The van der Waals surface area contributed by atoms with E-state index in [4.69, 9.17) is 15.9 Å². The number of nitrogens with two attached hydrogens (primary N) is 1. The van der Waals surface area contributed by atoms with Gasteiger partial charge in [-0.1, -0.05) is 0 Å². The number of ether oxygens (including phenoxy) is 1.